The summed E-state index contributed by atoms with van der Waals surface area (Å²) < 4.78 is 21.1. The van der Waals surface area contributed by atoms with Crippen LogP contribution in [0.2, 0.25) is 0 Å². The van der Waals surface area contributed by atoms with Gasteiger partial charge in [0.2, 0.25) is 0 Å². The van der Waals surface area contributed by atoms with E-state index in [1.54, 1.807) is 17.4 Å². The van der Waals surface area contributed by atoms with E-state index in [1.807, 2.05) is 37.3 Å². The molecule has 3 N–H and O–H groups in total. The van der Waals surface area contributed by atoms with Crippen LogP contribution in [0.5, 0.6) is 0 Å². The van der Waals surface area contributed by atoms with Crippen molar-refractivity contribution < 1.29 is 24.4 Å². The van der Waals surface area contributed by atoms with Gasteiger partial charge in [0.1, 0.15) is 11.9 Å². The Kier molecular flexibility index (Phi) is 6.57. The lowest BCUT2D eigenvalue weighted by Crippen LogP contribution is -2.28. The maximum atomic E-state index is 14.4. The van der Waals surface area contributed by atoms with Gasteiger partial charge in [-0.05, 0) is 47.2 Å². The van der Waals surface area contributed by atoms with Gasteiger partial charge in [0, 0.05) is 16.0 Å². The number of aliphatic hydroxyl groups is 3. The second-order valence-corrected chi connectivity index (χ2v) is 7.63. The number of halogens is 1. The third-order valence-electron chi connectivity index (χ3n) is 4.51. The summed E-state index contributed by atoms with van der Waals surface area (Å²) in [6, 6.07) is 14.4. The molecule has 3 rings (SSSR count). The molecule has 6 heteroatoms. The highest BCUT2D eigenvalue weighted by Gasteiger charge is 2.24. The predicted molar refractivity (Wildman–Crippen MR) is 104 cm³/mol. The van der Waals surface area contributed by atoms with E-state index in [0.29, 0.717) is 24.0 Å². The van der Waals surface area contributed by atoms with Gasteiger partial charge in [0.15, 0.2) is 6.29 Å². The fraction of sp³-hybridized carbons (Fsp3) is 0.333. The molecule has 0 saturated carbocycles. The third kappa shape index (κ3) is 4.72. The zero-order valence-corrected chi connectivity index (χ0v) is 15.8. The van der Waals surface area contributed by atoms with Crippen molar-refractivity contribution in [2.24, 2.45) is 0 Å². The first-order valence-corrected chi connectivity index (χ1v) is 9.71. The SMILES string of the molecule is CCC(CO)OC(c1ccc(F)c(Cc2cc3ccccc3s2)c1)C(O)O. The zero-order chi connectivity index (χ0) is 19.4. The van der Waals surface area contributed by atoms with E-state index in [-0.39, 0.29) is 12.4 Å². The molecule has 0 radical (unpaired) electrons. The quantitative estimate of drug-likeness (QED) is 0.512. The second-order valence-electron chi connectivity index (χ2n) is 6.46. The van der Waals surface area contributed by atoms with Gasteiger partial charge in [-0.15, -0.1) is 11.3 Å². The maximum absolute atomic E-state index is 14.4. The molecule has 2 aromatic carbocycles. The summed E-state index contributed by atoms with van der Waals surface area (Å²) in [5, 5.41) is 29.9. The Morgan fingerprint density at radius 1 is 1.11 bits per heavy atom. The van der Waals surface area contributed by atoms with Crippen LogP contribution in [0.1, 0.15) is 35.5 Å². The van der Waals surface area contributed by atoms with E-state index >= 15 is 0 Å². The van der Waals surface area contributed by atoms with Crippen molar-refractivity contribution in [3.63, 3.8) is 0 Å². The van der Waals surface area contributed by atoms with Crippen LogP contribution < -0.4 is 0 Å². The summed E-state index contributed by atoms with van der Waals surface area (Å²) in [4.78, 5) is 1.02. The topological polar surface area (TPSA) is 69.9 Å². The smallest absolute Gasteiger partial charge is 0.182 e. The molecule has 0 amide bonds. The van der Waals surface area contributed by atoms with Crippen LogP contribution in [0.3, 0.4) is 0 Å². The first kappa shape index (κ1) is 19.9. The highest BCUT2D eigenvalue weighted by atomic mass is 32.1. The van der Waals surface area contributed by atoms with Crippen LogP contribution in [0.4, 0.5) is 4.39 Å². The number of benzene rings is 2. The molecule has 1 aromatic heterocycles. The van der Waals surface area contributed by atoms with Crippen molar-refractivity contribution in [1.29, 1.82) is 0 Å². The van der Waals surface area contributed by atoms with Crippen LogP contribution in [-0.2, 0) is 11.2 Å². The number of fused-ring (bicyclic) bond motifs is 1. The minimum atomic E-state index is -1.77. The Hall–Kier alpha value is -1.83. The van der Waals surface area contributed by atoms with Crippen molar-refractivity contribution in [2.75, 3.05) is 6.61 Å². The lowest BCUT2D eigenvalue weighted by atomic mass is 10.0. The van der Waals surface area contributed by atoms with E-state index in [9.17, 15) is 19.7 Å². The maximum Gasteiger partial charge on any atom is 0.182 e. The first-order valence-electron chi connectivity index (χ1n) is 8.90. The summed E-state index contributed by atoms with van der Waals surface area (Å²) in [6.07, 6.45) is -2.41. The Labute approximate surface area is 161 Å². The molecule has 0 bridgehead atoms. The fourth-order valence-corrected chi connectivity index (χ4v) is 4.10. The van der Waals surface area contributed by atoms with E-state index in [4.69, 9.17) is 4.74 Å². The molecule has 1 heterocycles. The monoisotopic (exact) mass is 390 g/mol. The fourth-order valence-electron chi connectivity index (χ4n) is 3.02. The molecule has 3 aromatic rings. The molecule has 0 fully saturated rings. The number of aliphatic hydroxyl groups excluding tert-OH is 2. The van der Waals surface area contributed by atoms with Gasteiger partial charge < -0.3 is 20.1 Å². The van der Waals surface area contributed by atoms with Crippen molar-refractivity contribution in [3.8, 4) is 0 Å². The third-order valence-corrected chi connectivity index (χ3v) is 5.62. The number of hydrogen-bond donors (Lipinski definition) is 3. The summed E-state index contributed by atoms with van der Waals surface area (Å²) in [5.41, 5.74) is 0.930. The summed E-state index contributed by atoms with van der Waals surface area (Å²) >= 11 is 1.61. The number of thiophene rings is 1. The molecule has 0 spiro atoms. The van der Waals surface area contributed by atoms with Gasteiger partial charge in [-0.25, -0.2) is 4.39 Å². The number of ether oxygens (including phenoxy) is 1. The predicted octanol–water partition coefficient (Wildman–Crippen LogP) is 3.77. The average Bonchev–Trinajstić information content (AvgIpc) is 3.07. The molecule has 144 valence electrons. The van der Waals surface area contributed by atoms with Crippen molar-refractivity contribution in [3.05, 3.63) is 70.4 Å². The number of rotatable bonds is 8. The van der Waals surface area contributed by atoms with Gasteiger partial charge in [-0.3, -0.25) is 0 Å². The molecular formula is C21H23FO4S. The van der Waals surface area contributed by atoms with Crippen LogP contribution in [0, 0.1) is 5.82 Å². The van der Waals surface area contributed by atoms with E-state index < -0.39 is 18.5 Å². The van der Waals surface area contributed by atoms with Gasteiger partial charge in [0.05, 0.1) is 12.7 Å². The minimum absolute atomic E-state index is 0.227. The summed E-state index contributed by atoms with van der Waals surface area (Å²) in [6.45, 7) is 1.61. The second kappa shape index (κ2) is 8.91. The summed E-state index contributed by atoms with van der Waals surface area (Å²) in [5.74, 6) is -0.350. The van der Waals surface area contributed by atoms with Crippen LogP contribution >= 0.6 is 11.3 Å². The molecule has 0 aliphatic carbocycles. The van der Waals surface area contributed by atoms with Crippen molar-refractivity contribution >= 4 is 21.4 Å². The van der Waals surface area contributed by atoms with Crippen LogP contribution in [0.25, 0.3) is 10.1 Å². The molecule has 27 heavy (non-hydrogen) atoms. The first-order chi connectivity index (χ1) is 13.0. The standard InChI is InChI=1S/C21H23FO4S/c1-2-16(12-23)26-20(21(24)25)14-7-8-18(22)15(9-14)11-17-10-13-5-3-4-6-19(13)27-17/h3-10,16,20-21,23-25H,2,11-12H2,1H3. The van der Waals surface area contributed by atoms with Crippen LogP contribution in [-0.4, -0.2) is 34.3 Å². The molecule has 2 unspecified atom stereocenters. The lowest BCUT2D eigenvalue weighted by molar-refractivity contribution is -0.173. The molecule has 0 aliphatic heterocycles. The van der Waals surface area contributed by atoms with Gasteiger partial charge in [-0.2, -0.15) is 0 Å². The van der Waals surface area contributed by atoms with Crippen molar-refractivity contribution in [2.45, 2.75) is 38.3 Å². The highest BCUT2D eigenvalue weighted by molar-refractivity contribution is 7.19. The van der Waals surface area contributed by atoms with Gasteiger partial charge in [0.25, 0.3) is 0 Å². The zero-order valence-electron chi connectivity index (χ0n) is 15.0. The van der Waals surface area contributed by atoms with E-state index in [0.717, 1.165) is 15.0 Å². The number of hydrogen-bond acceptors (Lipinski definition) is 5. The summed E-state index contributed by atoms with van der Waals surface area (Å²) in [7, 11) is 0. The Bertz CT molecular complexity index is 856. The van der Waals surface area contributed by atoms with Gasteiger partial charge >= 0.3 is 0 Å². The molecule has 2 atom stereocenters. The molecule has 0 aliphatic rings. The molecule has 0 saturated heterocycles. The van der Waals surface area contributed by atoms with Gasteiger partial charge in [-0.1, -0.05) is 31.2 Å². The molecule has 4 nitrogen and oxygen atoms in total. The van der Waals surface area contributed by atoms with E-state index in [1.165, 1.54) is 12.1 Å². The largest absolute Gasteiger partial charge is 0.394 e. The van der Waals surface area contributed by atoms with E-state index in [2.05, 4.69) is 0 Å². The van der Waals surface area contributed by atoms with Crippen molar-refractivity contribution in [1.82, 2.24) is 0 Å². The Morgan fingerprint density at radius 3 is 2.56 bits per heavy atom. The Morgan fingerprint density at radius 2 is 1.89 bits per heavy atom. The van der Waals surface area contributed by atoms with Crippen LogP contribution in [0.15, 0.2) is 48.5 Å². The molecular weight excluding hydrogens is 367 g/mol. The minimum Gasteiger partial charge on any atom is -0.394 e. The lowest BCUT2D eigenvalue weighted by Gasteiger charge is -2.25. The Balaban J connectivity index is 1.87. The normalized spacial score (nSPS) is 14.0. The highest BCUT2D eigenvalue weighted by Crippen LogP contribution is 2.30. The average molecular weight is 390 g/mol.